The number of nitrogens with one attached hydrogen (secondary N) is 1. The van der Waals surface area contributed by atoms with Gasteiger partial charge in [0.25, 0.3) is 15.9 Å². The van der Waals surface area contributed by atoms with Gasteiger partial charge in [0.05, 0.1) is 10.6 Å². The molecule has 2 aromatic carbocycles. The molecule has 0 aliphatic carbocycles. The summed E-state index contributed by atoms with van der Waals surface area (Å²) in [6.45, 7) is 3.00. The number of carbonyl (C=O) groups is 1. The highest BCUT2D eigenvalue weighted by molar-refractivity contribution is 9.10. The summed E-state index contributed by atoms with van der Waals surface area (Å²) in [6.07, 6.45) is 1.47. The molecular weight excluding hydrogens is 404 g/mol. The van der Waals surface area contributed by atoms with Gasteiger partial charge < -0.3 is 5.32 Å². The van der Waals surface area contributed by atoms with Crippen LogP contribution in [0.5, 0.6) is 0 Å². The van der Waals surface area contributed by atoms with Gasteiger partial charge in [-0.2, -0.15) is 0 Å². The molecule has 1 aliphatic rings. The van der Waals surface area contributed by atoms with Crippen molar-refractivity contribution >= 4 is 37.5 Å². The summed E-state index contributed by atoms with van der Waals surface area (Å²) in [6, 6.07) is 11.8. The van der Waals surface area contributed by atoms with Gasteiger partial charge in [-0.3, -0.25) is 9.10 Å². The fourth-order valence-corrected chi connectivity index (χ4v) is 4.60. The maximum absolute atomic E-state index is 12.9. The van der Waals surface area contributed by atoms with Crippen molar-refractivity contribution in [3.05, 3.63) is 58.1 Å². The van der Waals surface area contributed by atoms with Crippen LogP contribution in [0.3, 0.4) is 0 Å². The van der Waals surface area contributed by atoms with Gasteiger partial charge in [-0.1, -0.05) is 22.9 Å². The molecule has 0 fully saturated rings. The molecule has 7 heteroatoms. The molecule has 0 unspecified atom stereocenters. The Hall–Kier alpha value is -1.86. The fraction of sp³-hybridized carbons (Fsp3) is 0.278. The third kappa shape index (κ3) is 3.57. The number of fused-ring (bicyclic) bond motifs is 1. The van der Waals surface area contributed by atoms with Crippen LogP contribution in [0.2, 0.25) is 0 Å². The van der Waals surface area contributed by atoms with Crippen molar-refractivity contribution in [1.82, 2.24) is 5.32 Å². The molecular formula is C18H19BrN2O3S. The molecule has 0 bridgehead atoms. The molecule has 1 aliphatic heterocycles. The quantitative estimate of drug-likeness (QED) is 0.803. The molecule has 1 heterocycles. The van der Waals surface area contributed by atoms with Gasteiger partial charge >= 0.3 is 0 Å². The number of rotatable bonds is 5. The predicted octanol–water partition coefficient (Wildman–Crippen LogP) is 3.34. The average molecular weight is 423 g/mol. The summed E-state index contributed by atoms with van der Waals surface area (Å²) in [5.74, 6) is -0.126. The topological polar surface area (TPSA) is 66.5 Å². The van der Waals surface area contributed by atoms with Crippen LogP contribution >= 0.6 is 15.9 Å². The van der Waals surface area contributed by atoms with Crippen molar-refractivity contribution < 1.29 is 13.2 Å². The summed E-state index contributed by atoms with van der Waals surface area (Å²) >= 11 is 3.31. The Morgan fingerprint density at radius 1 is 1.20 bits per heavy atom. The van der Waals surface area contributed by atoms with E-state index in [1.807, 2.05) is 6.92 Å². The molecule has 0 spiro atoms. The monoisotopic (exact) mass is 422 g/mol. The zero-order chi connectivity index (χ0) is 18.0. The van der Waals surface area contributed by atoms with Crippen LogP contribution < -0.4 is 9.62 Å². The maximum atomic E-state index is 12.9. The van der Waals surface area contributed by atoms with E-state index in [1.165, 1.54) is 4.31 Å². The first-order valence-corrected chi connectivity index (χ1v) is 10.4. The first-order chi connectivity index (χ1) is 11.9. The van der Waals surface area contributed by atoms with E-state index >= 15 is 0 Å². The summed E-state index contributed by atoms with van der Waals surface area (Å²) in [5, 5.41) is 2.84. The van der Waals surface area contributed by atoms with Crippen LogP contribution in [0, 0.1) is 0 Å². The van der Waals surface area contributed by atoms with Crippen molar-refractivity contribution in [2.75, 3.05) is 17.4 Å². The summed E-state index contributed by atoms with van der Waals surface area (Å²) < 4.78 is 28.0. The second kappa shape index (κ2) is 7.17. The van der Waals surface area contributed by atoms with Gasteiger partial charge in [0.15, 0.2) is 0 Å². The minimum absolute atomic E-state index is 0.126. The predicted molar refractivity (Wildman–Crippen MR) is 101 cm³/mol. The molecule has 0 atom stereocenters. The molecule has 5 nitrogen and oxygen atoms in total. The smallest absolute Gasteiger partial charge is 0.264 e. The van der Waals surface area contributed by atoms with Gasteiger partial charge in [-0.25, -0.2) is 8.42 Å². The van der Waals surface area contributed by atoms with Crippen LogP contribution in [0.4, 0.5) is 5.69 Å². The zero-order valence-corrected chi connectivity index (χ0v) is 16.2. The van der Waals surface area contributed by atoms with Gasteiger partial charge in [-0.15, -0.1) is 0 Å². The van der Waals surface area contributed by atoms with E-state index in [9.17, 15) is 13.2 Å². The summed E-state index contributed by atoms with van der Waals surface area (Å²) in [4.78, 5) is 12.3. The molecule has 1 amide bonds. The van der Waals surface area contributed by atoms with E-state index in [2.05, 4.69) is 21.2 Å². The highest BCUT2D eigenvalue weighted by atomic mass is 79.9. The average Bonchev–Trinajstić information content (AvgIpc) is 3.04. The van der Waals surface area contributed by atoms with E-state index in [-0.39, 0.29) is 10.8 Å². The number of hydrogen-bond acceptors (Lipinski definition) is 3. The Balaban J connectivity index is 1.89. The molecule has 0 radical (unpaired) electrons. The first-order valence-electron chi connectivity index (χ1n) is 8.13. The number of amides is 1. The third-order valence-electron chi connectivity index (χ3n) is 4.13. The third-order valence-corrected chi connectivity index (χ3v) is 6.49. The van der Waals surface area contributed by atoms with Crippen LogP contribution in [0.25, 0.3) is 0 Å². The van der Waals surface area contributed by atoms with E-state index in [4.69, 9.17) is 0 Å². The van der Waals surface area contributed by atoms with Crippen LogP contribution in [-0.4, -0.2) is 27.4 Å². The largest absolute Gasteiger partial charge is 0.352 e. The SMILES string of the molecule is CCCNC(=O)c1ccc2c(c1)CCN2S(=O)(=O)c1ccc(Br)cc1. The lowest BCUT2D eigenvalue weighted by Crippen LogP contribution is -2.29. The Bertz CT molecular complexity index is 895. The molecule has 132 valence electrons. The second-order valence-electron chi connectivity index (χ2n) is 5.88. The number of carbonyl (C=O) groups excluding carboxylic acids is 1. The number of nitrogens with zero attached hydrogens (tertiary/aromatic N) is 1. The standard InChI is InChI=1S/C18H19BrN2O3S/c1-2-10-20-18(22)14-3-8-17-13(12-14)9-11-21(17)25(23,24)16-6-4-15(19)5-7-16/h3-8,12H,2,9-11H2,1H3,(H,20,22). The van der Waals surface area contributed by atoms with E-state index < -0.39 is 10.0 Å². The van der Waals surface area contributed by atoms with Crippen LogP contribution in [0.1, 0.15) is 29.3 Å². The van der Waals surface area contributed by atoms with Crippen molar-refractivity contribution in [2.24, 2.45) is 0 Å². The van der Waals surface area contributed by atoms with Crippen LogP contribution in [-0.2, 0) is 16.4 Å². The van der Waals surface area contributed by atoms with Gasteiger partial charge in [-0.05, 0) is 60.9 Å². The molecule has 25 heavy (non-hydrogen) atoms. The Kier molecular flexibility index (Phi) is 5.15. The molecule has 2 aromatic rings. The Morgan fingerprint density at radius 3 is 2.60 bits per heavy atom. The van der Waals surface area contributed by atoms with Crippen LogP contribution in [0.15, 0.2) is 51.8 Å². The fourth-order valence-electron chi connectivity index (χ4n) is 2.84. The first kappa shape index (κ1) is 17.9. The maximum Gasteiger partial charge on any atom is 0.264 e. The minimum Gasteiger partial charge on any atom is -0.352 e. The number of anilines is 1. The second-order valence-corrected chi connectivity index (χ2v) is 8.66. The highest BCUT2D eigenvalue weighted by Crippen LogP contribution is 2.33. The van der Waals surface area contributed by atoms with E-state index in [1.54, 1.807) is 42.5 Å². The van der Waals surface area contributed by atoms with Crippen molar-refractivity contribution in [2.45, 2.75) is 24.7 Å². The minimum atomic E-state index is -3.60. The number of benzene rings is 2. The van der Waals surface area contributed by atoms with Crippen molar-refractivity contribution in [3.63, 3.8) is 0 Å². The van der Waals surface area contributed by atoms with E-state index in [0.717, 1.165) is 16.5 Å². The molecule has 3 rings (SSSR count). The summed E-state index contributed by atoms with van der Waals surface area (Å²) in [7, 11) is -3.60. The Labute approximate surface area is 156 Å². The van der Waals surface area contributed by atoms with Crippen molar-refractivity contribution in [1.29, 1.82) is 0 Å². The van der Waals surface area contributed by atoms with Gasteiger partial charge in [0, 0.05) is 23.1 Å². The lowest BCUT2D eigenvalue weighted by molar-refractivity contribution is 0.0953. The highest BCUT2D eigenvalue weighted by Gasteiger charge is 2.31. The lowest BCUT2D eigenvalue weighted by atomic mass is 10.1. The van der Waals surface area contributed by atoms with Gasteiger partial charge in [0.2, 0.25) is 0 Å². The molecule has 0 saturated heterocycles. The number of hydrogen-bond donors (Lipinski definition) is 1. The zero-order valence-electron chi connectivity index (χ0n) is 13.8. The van der Waals surface area contributed by atoms with Gasteiger partial charge in [0.1, 0.15) is 0 Å². The lowest BCUT2D eigenvalue weighted by Gasteiger charge is -2.19. The normalized spacial score (nSPS) is 13.6. The molecule has 0 aromatic heterocycles. The Morgan fingerprint density at radius 2 is 1.92 bits per heavy atom. The number of halogens is 1. The number of sulfonamides is 1. The molecule has 1 N–H and O–H groups in total. The molecule has 0 saturated carbocycles. The van der Waals surface area contributed by atoms with Crippen molar-refractivity contribution in [3.8, 4) is 0 Å². The summed E-state index contributed by atoms with van der Waals surface area (Å²) in [5.41, 5.74) is 2.09. The van der Waals surface area contributed by atoms with E-state index in [0.29, 0.717) is 30.8 Å².